The van der Waals surface area contributed by atoms with E-state index in [1.807, 2.05) is 57.9 Å². The highest BCUT2D eigenvalue weighted by Crippen LogP contribution is 2.06. The van der Waals surface area contributed by atoms with Crippen molar-refractivity contribution in [2.45, 2.75) is 38.8 Å². The summed E-state index contributed by atoms with van der Waals surface area (Å²) in [5.41, 5.74) is 0. The third kappa shape index (κ3) is 7.61. The molecule has 2 rings (SSSR count). The normalized spacial score (nSPS) is 10.4. The molecule has 150 valence electrons. The number of rotatable bonds is 13. The second-order valence-electron chi connectivity index (χ2n) is 6.16. The largest absolute Gasteiger partial charge is 0.481 e. The molecular weight excluding hydrogens is 364 g/mol. The molecular formula is C20H26N2O6+2. The molecule has 0 amide bonds. The van der Waals surface area contributed by atoms with Gasteiger partial charge in [-0.2, -0.15) is 9.13 Å². The summed E-state index contributed by atoms with van der Waals surface area (Å²) in [6.45, 7) is 1.77. The molecule has 8 nitrogen and oxygen atoms in total. The number of aryl methyl sites for hydroxylation is 2. The predicted octanol–water partition coefficient (Wildman–Crippen LogP) is 1.45. The van der Waals surface area contributed by atoms with Crippen molar-refractivity contribution in [3.63, 3.8) is 0 Å². The summed E-state index contributed by atoms with van der Waals surface area (Å²) in [6.07, 6.45) is 4.98. The standard InChI is InChI=1S/C20H24N2O6/c23-19(24)9-5-13-21-11-3-1-7-17(21)27-15-16-28-18-8-2-4-12-22(18)14-6-10-20(25)26/h1-4,7-8,11-12H,5-6,9-10,13-16H2/p+2. The van der Waals surface area contributed by atoms with Gasteiger partial charge in [-0.1, -0.05) is 0 Å². The number of carboxylic acid groups (broad SMARTS) is 2. The van der Waals surface area contributed by atoms with E-state index in [0.717, 1.165) is 0 Å². The fourth-order valence-corrected chi connectivity index (χ4v) is 2.65. The third-order valence-corrected chi connectivity index (χ3v) is 3.96. The second kappa shape index (κ2) is 11.5. The van der Waals surface area contributed by atoms with Crippen LogP contribution in [0.2, 0.25) is 0 Å². The molecule has 0 radical (unpaired) electrons. The van der Waals surface area contributed by atoms with Crippen LogP contribution < -0.4 is 18.6 Å². The predicted molar refractivity (Wildman–Crippen MR) is 98.0 cm³/mol. The van der Waals surface area contributed by atoms with E-state index in [1.165, 1.54) is 0 Å². The van der Waals surface area contributed by atoms with Crippen LogP contribution >= 0.6 is 0 Å². The van der Waals surface area contributed by atoms with E-state index >= 15 is 0 Å². The Balaban J connectivity index is 1.82. The minimum atomic E-state index is -0.813. The first-order valence-corrected chi connectivity index (χ1v) is 9.22. The molecule has 2 aromatic rings. The van der Waals surface area contributed by atoms with E-state index in [9.17, 15) is 9.59 Å². The number of ether oxygens (including phenoxy) is 2. The highest BCUT2D eigenvalue weighted by Gasteiger charge is 2.14. The lowest BCUT2D eigenvalue weighted by molar-refractivity contribution is -0.703. The number of hydrogen-bond acceptors (Lipinski definition) is 4. The fraction of sp³-hybridized carbons (Fsp3) is 0.400. The molecule has 0 aromatic carbocycles. The van der Waals surface area contributed by atoms with Crippen LogP contribution in [0, 0.1) is 0 Å². The SMILES string of the molecule is O=C(O)CCC[n+]1ccccc1OCCOc1cccc[n+]1CCCC(=O)O. The Morgan fingerprint density at radius 1 is 0.750 bits per heavy atom. The zero-order valence-electron chi connectivity index (χ0n) is 15.7. The Labute approximate surface area is 163 Å². The first-order valence-electron chi connectivity index (χ1n) is 9.22. The molecule has 28 heavy (non-hydrogen) atoms. The van der Waals surface area contributed by atoms with Crippen LogP contribution in [-0.4, -0.2) is 35.4 Å². The van der Waals surface area contributed by atoms with E-state index < -0.39 is 11.9 Å². The number of pyridine rings is 2. The van der Waals surface area contributed by atoms with Gasteiger partial charge in [0.25, 0.3) is 0 Å². The summed E-state index contributed by atoms with van der Waals surface area (Å²) >= 11 is 0. The van der Waals surface area contributed by atoms with Crippen molar-refractivity contribution in [3.8, 4) is 11.8 Å². The smallest absolute Gasteiger partial charge is 0.367 e. The maximum absolute atomic E-state index is 10.7. The van der Waals surface area contributed by atoms with Gasteiger partial charge in [-0.15, -0.1) is 0 Å². The summed E-state index contributed by atoms with van der Waals surface area (Å²) in [5.74, 6) is -0.323. The van der Waals surface area contributed by atoms with E-state index in [1.54, 1.807) is 0 Å². The Kier molecular flexibility index (Phi) is 8.71. The summed E-state index contributed by atoms with van der Waals surface area (Å²) in [7, 11) is 0. The lowest BCUT2D eigenvalue weighted by Crippen LogP contribution is -2.37. The highest BCUT2D eigenvalue weighted by molar-refractivity contribution is 5.66. The minimum Gasteiger partial charge on any atom is -0.481 e. The molecule has 8 heteroatoms. The number of aromatic nitrogens is 2. The third-order valence-electron chi connectivity index (χ3n) is 3.96. The second-order valence-corrected chi connectivity index (χ2v) is 6.16. The van der Waals surface area contributed by atoms with Crippen LogP contribution in [0.15, 0.2) is 48.8 Å². The lowest BCUT2D eigenvalue weighted by atomic mass is 10.3. The van der Waals surface area contributed by atoms with Gasteiger partial charge >= 0.3 is 23.7 Å². The summed E-state index contributed by atoms with van der Waals surface area (Å²) in [4.78, 5) is 21.3. The van der Waals surface area contributed by atoms with E-state index in [4.69, 9.17) is 19.7 Å². The number of carboxylic acids is 2. The Bertz CT molecular complexity index is 715. The zero-order chi connectivity index (χ0) is 20.2. The molecule has 0 aliphatic rings. The number of hydrogen-bond donors (Lipinski definition) is 2. The van der Waals surface area contributed by atoms with Gasteiger partial charge in [-0.05, 0) is 12.1 Å². The first kappa shape index (κ1) is 21.1. The van der Waals surface area contributed by atoms with Crippen molar-refractivity contribution in [3.05, 3.63) is 48.8 Å². The van der Waals surface area contributed by atoms with Crippen molar-refractivity contribution in [2.75, 3.05) is 13.2 Å². The van der Waals surface area contributed by atoms with Gasteiger partial charge in [0.1, 0.15) is 13.2 Å². The van der Waals surface area contributed by atoms with Gasteiger partial charge in [-0.3, -0.25) is 9.59 Å². The van der Waals surface area contributed by atoms with Crippen LogP contribution in [-0.2, 0) is 22.7 Å². The van der Waals surface area contributed by atoms with E-state index in [0.29, 0.717) is 50.9 Å². The zero-order valence-corrected chi connectivity index (χ0v) is 15.7. The van der Waals surface area contributed by atoms with Crippen LogP contribution in [0.3, 0.4) is 0 Å². The topological polar surface area (TPSA) is 101 Å². The van der Waals surface area contributed by atoms with Crippen LogP contribution in [0.5, 0.6) is 11.8 Å². The monoisotopic (exact) mass is 390 g/mol. The fourth-order valence-electron chi connectivity index (χ4n) is 2.65. The van der Waals surface area contributed by atoms with Crippen molar-refractivity contribution >= 4 is 11.9 Å². The summed E-state index contributed by atoms with van der Waals surface area (Å²) in [6, 6.07) is 11.1. The van der Waals surface area contributed by atoms with Crippen molar-refractivity contribution in [1.29, 1.82) is 0 Å². The quantitative estimate of drug-likeness (QED) is 0.397. The van der Waals surface area contributed by atoms with Crippen molar-refractivity contribution in [1.82, 2.24) is 0 Å². The molecule has 0 atom stereocenters. The molecule has 2 aromatic heterocycles. The van der Waals surface area contributed by atoms with Crippen LogP contribution in [0.25, 0.3) is 0 Å². The number of carbonyl (C=O) groups is 2. The van der Waals surface area contributed by atoms with Crippen molar-refractivity contribution in [2.24, 2.45) is 0 Å². The average Bonchev–Trinajstić information content (AvgIpc) is 2.67. The van der Waals surface area contributed by atoms with Gasteiger partial charge < -0.3 is 19.7 Å². The van der Waals surface area contributed by atoms with Crippen LogP contribution in [0.1, 0.15) is 25.7 Å². The Hall–Kier alpha value is -3.16. The summed E-state index contributed by atoms with van der Waals surface area (Å²) in [5, 5.41) is 17.5. The number of nitrogens with zero attached hydrogens (tertiary/aromatic N) is 2. The molecule has 0 saturated carbocycles. The first-order chi connectivity index (χ1) is 13.6. The molecule has 0 aliphatic carbocycles. The van der Waals surface area contributed by atoms with Gasteiger partial charge in [0.05, 0.1) is 25.0 Å². The Morgan fingerprint density at radius 2 is 1.18 bits per heavy atom. The number of aliphatic carboxylic acids is 2. The molecule has 0 fully saturated rings. The molecule has 0 spiro atoms. The maximum Gasteiger partial charge on any atom is 0.367 e. The Morgan fingerprint density at radius 3 is 1.57 bits per heavy atom. The molecule has 0 unspecified atom stereocenters. The van der Waals surface area contributed by atoms with Gasteiger partial charge in [0.2, 0.25) is 0 Å². The molecule has 2 N–H and O–H groups in total. The average molecular weight is 390 g/mol. The highest BCUT2D eigenvalue weighted by atomic mass is 16.5. The molecule has 0 saturated heterocycles. The molecule has 0 bridgehead atoms. The van der Waals surface area contributed by atoms with Gasteiger partial charge in [0.15, 0.2) is 25.5 Å². The van der Waals surface area contributed by atoms with Crippen molar-refractivity contribution < 1.29 is 38.4 Å². The van der Waals surface area contributed by atoms with Crippen LogP contribution in [0.4, 0.5) is 0 Å². The van der Waals surface area contributed by atoms with Gasteiger partial charge in [0, 0.05) is 25.0 Å². The van der Waals surface area contributed by atoms with E-state index in [2.05, 4.69) is 0 Å². The summed E-state index contributed by atoms with van der Waals surface area (Å²) < 4.78 is 15.3. The maximum atomic E-state index is 10.7. The van der Waals surface area contributed by atoms with Gasteiger partial charge in [-0.25, -0.2) is 0 Å². The lowest BCUT2D eigenvalue weighted by Gasteiger charge is -2.07. The molecule has 0 aliphatic heterocycles. The van der Waals surface area contributed by atoms with E-state index in [-0.39, 0.29) is 12.8 Å². The molecule has 2 heterocycles. The minimum absolute atomic E-state index is 0.111.